The Labute approximate surface area is 160 Å². The van der Waals surface area contributed by atoms with Crippen LogP contribution in [0.1, 0.15) is 6.42 Å². The third kappa shape index (κ3) is 3.73. The Kier molecular flexibility index (Phi) is 4.93. The molecule has 7 heteroatoms. The number of pyridine rings is 1. The number of rotatable bonds is 6. The Hall–Kier alpha value is -3.06. The number of methoxy groups -OCH3 is 1. The van der Waals surface area contributed by atoms with E-state index >= 15 is 0 Å². The van der Waals surface area contributed by atoms with Gasteiger partial charge in [0.1, 0.15) is 5.75 Å². The predicted octanol–water partition coefficient (Wildman–Crippen LogP) is 4.01. The highest BCUT2D eigenvalue weighted by Gasteiger charge is 2.10. The Morgan fingerprint density at radius 1 is 1.11 bits per heavy atom. The van der Waals surface area contributed by atoms with Crippen molar-refractivity contribution in [2.75, 3.05) is 18.2 Å². The normalized spacial score (nSPS) is 11.0. The van der Waals surface area contributed by atoms with E-state index in [1.54, 1.807) is 13.2 Å². The highest BCUT2D eigenvalue weighted by Crippen LogP contribution is 2.24. The van der Waals surface area contributed by atoms with Gasteiger partial charge in [0.2, 0.25) is 5.91 Å². The molecule has 1 N–H and O–H groups in total. The lowest BCUT2D eigenvalue weighted by molar-refractivity contribution is -0.115. The maximum absolute atomic E-state index is 12.2. The average Bonchev–Trinajstić information content (AvgIpc) is 3.12. The molecule has 0 bridgehead atoms. The van der Waals surface area contributed by atoms with Crippen LogP contribution in [0, 0.1) is 0 Å². The van der Waals surface area contributed by atoms with Gasteiger partial charge >= 0.3 is 0 Å². The second kappa shape index (κ2) is 7.67. The van der Waals surface area contributed by atoms with Crippen molar-refractivity contribution in [1.29, 1.82) is 0 Å². The largest absolute Gasteiger partial charge is 0.497 e. The van der Waals surface area contributed by atoms with Gasteiger partial charge in [-0.1, -0.05) is 36.0 Å². The van der Waals surface area contributed by atoms with E-state index in [0.29, 0.717) is 17.9 Å². The van der Waals surface area contributed by atoms with Crippen LogP contribution in [0.2, 0.25) is 0 Å². The number of aromatic nitrogens is 3. The van der Waals surface area contributed by atoms with Gasteiger partial charge in [0.25, 0.3) is 0 Å². The number of fused-ring (bicyclic) bond motifs is 3. The van der Waals surface area contributed by atoms with Crippen LogP contribution < -0.4 is 10.1 Å². The Bertz CT molecular complexity index is 1110. The van der Waals surface area contributed by atoms with E-state index in [4.69, 9.17) is 4.74 Å². The van der Waals surface area contributed by atoms with Crippen LogP contribution in [0.25, 0.3) is 16.6 Å². The maximum atomic E-state index is 12.2. The van der Waals surface area contributed by atoms with E-state index < -0.39 is 0 Å². The molecule has 136 valence electrons. The van der Waals surface area contributed by atoms with Gasteiger partial charge in [0, 0.05) is 23.9 Å². The number of para-hydroxylation sites is 1. The number of thioether (sulfide) groups is 1. The highest BCUT2D eigenvalue weighted by molar-refractivity contribution is 7.99. The fourth-order valence-corrected chi connectivity index (χ4v) is 3.75. The summed E-state index contributed by atoms with van der Waals surface area (Å²) < 4.78 is 7.20. The van der Waals surface area contributed by atoms with E-state index in [-0.39, 0.29) is 5.91 Å². The molecule has 0 aliphatic heterocycles. The predicted molar refractivity (Wildman–Crippen MR) is 107 cm³/mol. The van der Waals surface area contributed by atoms with Crippen molar-refractivity contribution in [3.8, 4) is 5.75 Å². The number of anilines is 1. The molecule has 0 aliphatic rings. The fraction of sp³-hybridized carbons (Fsp3) is 0.150. The van der Waals surface area contributed by atoms with Crippen LogP contribution in [0.4, 0.5) is 5.69 Å². The molecular formula is C20H18N4O2S. The molecule has 0 atom stereocenters. The highest BCUT2D eigenvalue weighted by atomic mass is 32.2. The van der Waals surface area contributed by atoms with E-state index in [1.807, 2.05) is 52.9 Å². The first-order valence-electron chi connectivity index (χ1n) is 8.54. The quantitative estimate of drug-likeness (QED) is 0.514. The molecule has 0 saturated carbocycles. The molecule has 0 fully saturated rings. The molecule has 4 rings (SSSR count). The van der Waals surface area contributed by atoms with Crippen LogP contribution >= 0.6 is 11.8 Å². The minimum Gasteiger partial charge on any atom is -0.497 e. The number of nitrogens with zero attached hydrogens (tertiary/aromatic N) is 3. The van der Waals surface area contributed by atoms with Gasteiger partial charge in [-0.15, -0.1) is 10.2 Å². The van der Waals surface area contributed by atoms with Crippen molar-refractivity contribution in [2.45, 2.75) is 11.6 Å². The number of carbonyl (C=O) groups excluding carboxylic acids is 1. The second-order valence-corrected chi connectivity index (χ2v) is 7.01. The molecule has 27 heavy (non-hydrogen) atoms. The zero-order chi connectivity index (χ0) is 18.6. The van der Waals surface area contributed by atoms with Gasteiger partial charge in [-0.2, -0.15) is 0 Å². The smallest absolute Gasteiger partial charge is 0.225 e. The van der Waals surface area contributed by atoms with Gasteiger partial charge in [0.15, 0.2) is 10.8 Å². The summed E-state index contributed by atoms with van der Waals surface area (Å²) in [4.78, 5) is 12.2. The third-order valence-corrected chi connectivity index (χ3v) is 5.09. The molecule has 0 saturated heterocycles. The Balaban J connectivity index is 1.43. The van der Waals surface area contributed by atoms with E-state index in [2.05, 4.69) is 21.6 Å². The summed E-state index contributed by atoms with van der Waals surface area (Å²) in [6.07, 6.45) is 0.377. The number of carbonyl (C=O) groups is 1. The van der Waals surface area contributed by atoms with Crippen molar-refractivity contribution in [3.63, 3.8) is 0 Å². The van der Waals surface area contributed by atoms with Gasteiger partial charge < -0.3 is 10.1 Å². The maximum Gasteiger partial charge on any atom is 0.225 e. The summed E-state index contributed by atoms with van der Waals surface area (Å²) in [7, 11) is 1.60. The number of amides is 1. The number of ether oxygens (including phenoxy) is 1. The summed E-state index contributed by atoms with van der Waals surface area (Å²) in [5.74, 6) is 1.28. The molecule has 0 radical (unpaired) electrons. The first-order chi connectivity index (χ1) is 13.2. The zero-order valence-corrected chi connectivity index (χ0v) is 15.6. The molecule has 0 spiro atoms. The van der Waals surface area contributed by atoms with E-state index in [0.717, 1.165) is 27.4 Å². The van der Waals surface area contributed by atoms with E-state index in [1.165, 1.54) is 11.8 Å². The van der Waals surface area contributed by atoms with E-state index in [9.17, 15) is 4.79 Å². The minimum atomic E-state index is -0.0468. The van der Waals surface area contributed by atoms with Crippen LogP contribution in [0.5, 0.6) is 5.75 Å². The standard InChI is InChI=1S/C20H18N4O2S/c1-26-16-7-4-6-15(13-16)21-19(25)11-12-27-20-23-22-18-10-9-14-5-2-3-8-17(14)24(18)20/h2-10,13H,11-12H2,1H3,(H,21,25). The van der Waals surface area contributed by atoms with Crippen molar-refractivity contribution >= 4 is 39.9 Å². The van der Waals surface area contributed by atoms with Crippen LogP contribution in [0.3, 0.4) is 0 Å². The minimum absolute atomic E-state index is 0.0468. The zero-order valence-electron chi connectivity index (χ0n) is 14.8. The van der Waals surface area contributed by atoms with Crippen LogP contribution in [-0.4, -0.2) is 33.4 Å². The Morgan fingerprint density at radius 3 is 2.89 bits per heavy atom. The summed E-state index contributed by atoms with van der Waals surface area (Å²) in [5, 5.41) is 13.3. The first-order valence-corrected chi connectivity index (χ1v) is 9.53. The average molecular weight is 378 g/mol. The van der Waals surface area contributed by atoms with Gasteiger partial charge in [-0.25, -0.2) is 0 Å². The third-order valence-electron chi connectivity index (χ3n) is 4.16. The molecule has 2 heterocycles. The topological polar surface area (TPSA) is 68.5 Å². The molecular weight excluding hydrogens is 360 g/mol. The van der Waals surface area contributed by atoms with Gasteiger partial charge in [0.05, 0.1) is 12.6 Å². The van der Waals surface area contributed by atoms with Crippen molar-refractivity contribution in [3.05, 3.63) is 60.7 Å². The SMILES string of the molecule is COc1cccc(NC(=O)CCSc2nnc3ccc4ccccc4n23)c1. The van der Waals surface area contributed by atoms with Crippen molar-refractivity contribution in [2.24, 2.45) is 0 Å². The summed E-state index contributed by atoms with van der Waals surface area (Å²) >= 11 is 1.52. The molecule has 0 aliphatic carbocycles. The molecule has 6 nitrogen and oxygen atoms in total. The molecule has 2 aromatic heterocycles. The Morgan fingerprint density at radius 2 is 2.00 bits per heavy atom. The number of hydrogen-bond donors (Lipinski definition) is 1. The second-order valence-electron chi connectivity index (χ2n) is 5.95. The van der Waals surface area contributed by atoms with Gasteiger partial charge in [-0.05, 0) is 35.7 Å². The lowest BCUT2D eigenvalue weighted by atomic mass is 10.2. The fourth-order valence-electron chi connectivity index (χ4n) is 2.86. The van der Waals surface area contributed by atoms with Crippen molar-refractivity contribution < 1.29 is 9.53 Å². The summed E-state index contributed by atoms with van der Waals surface area (Å²) in [6.45, 7) is 0. The molecule has 0 unspecified atom stereocenters. The monoisotopic (exact) mass is 378 g/mol. The number of hydrogen-bond acceptors (Lipinski definition) is 5. The van der Waals surface area contributed by atoms with Gasteiger partial charge in [-0.3, -0.25) is 9.20 Å². The summed E-state index contributed by atoms with van der Waals surface area (Å²) in [6, 6.07) is 19.4. The number of benzene rings is 2. The molecule has 4 aromatic rings. The molecule has 1 amide bonds. The van der Waals surface area contributed by atoms with Crippen LogP contribution in [0.15, 0.2) is 65.8 Å². The number of nitrogens with one attached hydrogen (secondary N) is 1. The molecule has 2 aromatic carbocycles. The summed E-state index contributed by atoms with van der Waals surface area (Å²) in [5.41, 5.74) is 2.59. The van der Waals surface area contributed by atoms with Crippen LogP contribution in [-0.2, 0) is 4.79 Å². The first kappa shape index (κ1) is 17.4. The van der Waals surface area contributed by atoms with Crippen molar-refractivity contribution in [1.82, 2.24) is 14.6 Å². The lowest BCUT2D eigenvalue weighted by Crippen LogP contribution is -2.12. The lowest BCUT2D eigenvalue weighted by Gasteiger charge is -2.07.